The molecule has 1 aromatic rings. The first kappa shape index (κ1) is 11.7. The van der Waals surface area contributed by atoms with E-state index >= 15 is 0 Å². The average molecular weight is 217 g/mol. The van der Waals surface area contributed by atoms with E-state index in [1.807, 2.05) is 0 Å². The zero-order valence-electron chi connectivity index (χ0n) is 10.7. The molecule has 1 aromatic carbocycles. The molecule has 0 fully saturated rings. The van der Waals surface area contributed by atoms with E-state index in [1.54, 1.807) is 11.1 Å². The highest BCUT2D eigenvalue weighted by Gasteiger charge is 2.16. The zero-order valence-corrected chi connectivity index (χ0v) is 10.7. The number of fused-ring (bicyclic) bond motifs is 1. The molecule has 0 saturated carbocycles. The van der Waals surface area contributed by atoms with Crippen molar-refractivity contribution in [3.63, 3.8) is 0 Å². The molecule has 2 unspecified atom stereocenters. The van der Waals surface area contributed by atoms with Gasteiger partial charge < -0.3 is 4.90 Å². The molecule has 0 saturated heterocycles. The molecule has 0 spiro atoms. The minimum absolute atomic E-state index is 0.761. The number of nitrogens with zero attached hydrogens (tertiary/aromatic N) is 1. The molecule has 0 N–H and O–H groups in total. The molecule has 0 radical (unpaired) electrons. The normalized spacial score (nSPS) is 27.7. The van der Waals surface area contributed by atoms with Gasteiger partial charge in [-0.05, 0) is 42.9 Å². The van der Waals surface area contributed by atoms with Crippen molar-refractivity contribution in [2.75, 3.05) is 20.1 Å². The second kappa shape index (κ2) is 5.01. The fourth-order valence-corrected chi connectivity index (χ4v) is 2.97. The highest BCUT2D eigenvalue weighted by molar-refractivity contribution is 5.28. The Morgan fingerprint density at radius 2 is 1.38 bits per heavy atom. The minimum atomic E-state index is 0.761. The first-order valence-corrected chi connectivity index (χ1v) is 6.40. The Balaban J connectivity index is 2.25. The van der Waals surface area contributed by atoms with E-state index in [1.165, 1.54) is 25.9 Å². The van der Waals surface area contributed by atoms with Crippen LogP contribution in [0.4, 0.5) is 0 Å². The number of hydrogen-bond acceptors (Lipinski definition) is 1. The van der Waals surface area contributed by atoms with Crippen molar-refractivity contribution in [2.45, 2.75) is 26.7 Å². The van der Waals surface area contributed by atoms with E-state index in [4.69, 9.17) is 0 Å². The van der Waals surface area contributed by atoms with Crippen molar-refractivity contribution in [3.05, 3.63) is 35.4 Å². The lowest BCUT2D eigenvalue weighted by molar-refractivity contribution is 0.254. The summed E-state index contributed by atoms with van der Waals surface area (Å²) in [5, 5.41) is 0. The van der Waals surface area contributed by atoms with E-state index in [-0.39, 0.29) is 0 Å². The quantitative estimate of drug-likeness (QED) is 0.646. The Labute approximate surface area is 99.5 Å². The van der Waals surface area contributed by atoms with Gasteiger partial charge >= 0.3 is 0 Å². The van der Waals surface area contributed by atoms with Crippen LogP contribution in [0.5, 0.6) is 0 Å². The fraction of sp³-hybridized carbons (Fsp3) is 0.600. The summed E-state index contributed by atoms with van der Waals surface area (Å²) in [5.74, 6) is 1.52. The monoisotopic (exact) mass is 217 g/mol. The first-order chi connectivity index (χ1) is 7.65. The van der Waals surface area contributed by atoms with E-state index in [0.29, 0.717) is 0 Å². The van der Waals surface area contributed by atoms with E-state index in [2.05, 4.69) is 50.1 Å². The third-order valence-corrected chi connectivity index (χ3v) is 3.50. The maximum absolute atomic E-state index is 2.49. The molecule has 1 aliphatic rings. The smallest absolute Gasteiger partial charge is 0.000726 e. The fourth-order valence-electron chi connectivity index (χ4n) is 2.97. The largest absolute Gasteiger partial charge is 0.306 e. The molecule has 0 aromatic heterocycles. The third-order valence-electron chi connectivity index (χ3n) is 3.50. The molecule has 1 nitrogen and oxygen atoms in total. The summed E-state index contributed by atoms with van der Waals surface area (Å²) in [7, 11) is 2.25. The SMILES string of the molecule is CC1Cc2ccccc2CC(C)CN(C)C1. The molecule has 0 bridgehead atoms. The molecule has 0 amide bonds. The van der Waals surface area contributed by atoms with Gasteiger partial charge in [0.1, 0.15) is 0 Å². The van der Waals surface area contributed by atoms with Crippen LogP contribution in [0.15, 0.2) is 24.3 Å². The summed E-state index contributed by atoms with van der Waals surface area (Å²) in [6.45, 7) is 7.17. The number of hydrogen-bond donors (Lipinski definition) is 0. The Morgan fingerprint density at radius 3 is 1.81 bits per heavy atom. The van der Waals surface area contributed by atoms with Crippen LogP contribution in [0.3, 0.4) is 0 Å². The first-order valence-electron chi connectivity index (χ1n) is 6.40. The molecular formula is C15H23N. The lowest BCUT2D eigenvalue weighted by Crippen LogP contribution is -2.29. The van der Waals surface area contributed by atoms with Gasteiger partial charge in [0, 0.05) is 13.1 Å². The van der Waals surface area contributed by atoms with Crippen LogP contribution in [-0.4, -0.2) is 25.0 Å². The molecule has 2 rings (SSSR count). The van der Waals surface area contributed by atoms with Crippen molar-refractivity contribution in [1.29, 1.82) is 0 Å². The topological polar surface area (TPSA) is 3.24 Å². The van der Waals surface area contributed by atoms with Crippen molar-refractivity contribution in [3.8, 4) is 0 Å². The van der Waals surface area contributed by atoms with E-state index < -0.39 is 0 Å². The Kier molecular flexibility index (Phi) is 3.65. The Hall–Kier alpha value is -0.820. The minimum Gasteiger partial charge on any atom is -0.306 e. The zero-order chi connectivity index (χ0) is 11.5. The second-order valence-electron chi connectivity index (χ2n) is 5.61. The van der Waals surface area contributed by atoms with Gasteiger partial charge in [-0.25, -0.2) is 0 Å². The third kappa shape index (κ3) is 2.85. The Morgan fingerprint density at radius 1 is 0.938 bits per heavy atom. The van der Waals surface area contributed by atoms with Crippen LogP contribution >= 0.6 is 0 Å². The summed E-state index contributed by atoms with van der Waals surface area (Å²) in [6.07, 6.45) is 2.46. The number of rotatable bonds is 0. The van der Waals surface area contributed by atoms with E-state index in [9.17, 15) is 0 Å². The van der Waals surface area contributed by atoms with Crippen molar-refractivity contribution in [2.24, 2.45) is 11.8 Å². The highest BCUT2D eigenvalue weighted by Crippen LogP contribution is 2.20. The predicted octanol–water partition coefficient (Wildman–Crippen LogP) is 2.99. The van der Waals surface area contributed by atoms with Crippen LogP contribution in [0.25, 0.3) is 0 Å². The standard InChI is InChI=1S/C15H23N/c1-12-8-14-6-4-5-7-15(14)9-13(2)11-16(3)10-12/h4-7,12-13H,8-11H2,1-3H3. The number of benzene rings is 1. The van der Waals surface area contributed by atoms with Crippen LogP contribution < -0.4 is 0 Å². The second-order valence-corrected chi connectivity index (χ2v) is 5.61. The summed E-state index contributed by atoms with van der Waals surface area (Å²) >= 11 is 0. The van der Waals surface area contributed by atoms with Crippen molar-refractivity contribution < 1.29 is 0 Å². The molecule has 1 heteroatoms. The molecule has 0 aliphatic carbocycles. The summed E-state index contributed by atoms with van der Waals surface area (Å²) in [5.41, 5.74) is 3.13. The Bertz CT molecular complexity index is 312. The maximum atomic E-state index is 2.49. The summed E-state index contributed by atoms with van der Waals surface area (Å²) < 4.78 is 0. The average Bonchev–Trinajstić information content (AvgIpc) is 2.23. The van der Waals surface area contributed by atoms with Gasteiger partial charge in [-0.2, -0.15) is 0 Å². The van der Waals surface area contributed by atoms with Crippen LogP contribution in [-0.2, 0) is 12.8 Å². The van der Waals surface area contributed by atoms with Gasteiger partial charge in [0.2, 0.25) is 0 Å². The van der Waals surface area contributed by atoms with Gasteiger partial charge in [0.25, 0.3) is 0 Å². The van der Waals surface area contributed by atoms with Crippen LogP contribution in [0, 0.1) is 11.8 Å². The van der Waals surface area contributed by atoms with Crippen LogP contribution in [0.1, 0.15) is 25.0 Å². The van der Waals surface area contributed by atoms with Gasteiger partial charge in [-0.3, -0.25) is 0 Å². The van der Waals surface area contributed by atoms with Gasteiger partial charge in [-0.15, -0.1) is 0 Å². The molecule has 16 heavy (non-hydrogen) atoms. The predicted molar refractivity (Wildman–Crippen MR) is 69.7 cm³/mol. The van der Waals surface area contributed by atoms with Crippen molar-refractivity contribution >= 4 is 0 Å². The molecule has 88 valence electrons. The van der Waals surface area contributed by atoms with Gasteiger partial charge in [0.05, 0.1) is 0 Å². The summed E-state index contributed by atoms with van der Waals surface area (Å²) in [4.78, 5) is 2.49. The molecule has 1 aliphatic heterocycles. The van der Waals surface area contributed by atoms with Gasteiger partial charge in [0.15, 0.2) is 0 Å². The maximum Gasteiger partial charge on any atom is 0.000726 e. The highest BCUT2D eigenvalue weighted by atomic mass is 15.1. The molecule has 1 heterocycles. The molecular weight excluding hydrogens is 194 g/mol. The van der Waals surface area contributed by atoms with Crippen LogP contribution in [0.2, 0.25) is 0 Å². The van der Waals surface area contributed by atoms with Crippen molar-refractivity contribution in [1.82, 2.24) is 4.90 Å². The van der Waals surface area contributed by atoms with Gasteiger partial charge in [-0.1, -0.05) is 38.1 Å². The lowest BCUT2D eigenvalue weighted by Gasteiger charge is -2.22. The lowest BCUT2D eigenvalue weighted by atomic mass is 9.93. The summed E-state index contributed by atoms with van der Waals surface area (Å²) in [6, 6.07) is 8.98. The molecule has 2 atom stereocenters. The van der Waals surface area contributed by atoms with E-state index in [0.717, 1.165) is 11.8 Å².